The average Bonchev–Trinajstić information content (AvgIpc) is 2.36. The van der Waals surface area contributed by atoms with Gasteiger partial charge in [0.15, 0.2) is 6.61 Å². The SMILES string of the molecule is CCCOC1CCCN(C(=O)NOCC(=O)O)C1. The van der Waals surface area contributed by atoms with E-state index >= 15 is 0 Å². The lowest BCUT2D eigenvalue weighted by Crippen LogP contribution is -2.48. The minimum atomic E-state index is -1.13. The molecule has 7 nitrogen and oxygen atoms in total. The van der Waals surface area contributed by atoms with Crippen molar-refractivity contribution in [3.63, 3.8) is 0 Å². The van der Waals surface area contributed by atoms with Crippen LogP contribution in [0.1, 0.15) is 26.2 Å². The van der Waals surface area contributed by atoms with E-state index in [4.69, 9.17) is 9.84 Å². The molecule has 0 aromatic heterocycles. The maximum Gasteiger partial charge on any atom is 0.341 e. The Kier molecular flexibility index (Phi) is 6.45. The van der Waals surface area contributed by atoms with Gasteiger partial charge in [0.05, 0.1) is 6.10 Å². The highest BCUT2D eigenvalue weighted by Crippen LogP contribution is 2.13. The lowest BCUT2D eigenvalue weighted by molar-refractivity contribution is -0.144. The van der Waals surface area contributed by atoms with E-state index in [-0.39, 0.29) is 6.10 Å². The summed E-state index contributed by atoms with van der Waals surface area (Å²) in [7, 11) is 0. The largest absolute Gasteiger partial charge is 0.479 e. The van der Waals surface area contributed by atoms with Crippen LogP contribution in [0.2, 0.25) is 0 Å². The number of likely N-dealkylation sites (tertiary alicyclic amines) is 1. The summed E-state index contributed by atoms with van der Waals surface area (Å²) in [4.78, 5) is 28.0. The van der Waals surface area contributed by atoms with E-state index in [1.54, 1.807) is 4.90 Å². The molecule has 0 aliphatic carbocycles. The van der Waals surface area contributed by atoms with E-state index in [0.717, 1.165) is 19.3 Å². The van der Waals surface area contributed by atoms with Crippen molar-refractivity contribution in [3.05, 3.63) is 0 Å². The van der Waals surface area contributed by atoms with Gasteiger partial charge in [0, 0.05) is 19.7 Å². The molecule has 1 unspecified atom stereocenters. The molecular formula is C11H20N2O5. The zero-order chi connectivity index (χ0) is 13.4. The van der Waals surface area contributed by atoms with Crippen molar-refractivity contribution in [3.8, 4) is 0 Å². The first kappa shape index (κ1) is 14.7. The number of rotatable bonds is 6. The number of hydrogen-bond donors (Lipinski definition) is 2. The molecule has 1 fully saturated rings. The van der Waals surface area contributed by atoms with Gasteiger partial charge in [0.2, 0.25) is 0 Å². The lowest BCUT2D eigenvalue weighted by Gasteiger charge is -2.32. The molecule has 0 spiro atoms. The normalized spacial score (nSPS) is 19.6. The molecule has 18 heavy (non-hydrogen) atoms. The van der Waals surface area contributed by atoms with Crippen molar-refractivity contribution in [2.45, 2.75) is 32.3 Å². The Morgan fingerprint density at radius 3 is 2.94 bits per heavy atom. The van der Waals surface area contributed by atoms with Gasteiger partial charge in [-0.15, -0.1) is 0 Å². The second-order valence-electron chi connectivity index (χ2n) is 4.17. The summed E-state index contributed by atoms with van der Waals surface area (Å²) in [6.45, 7) is 3.33. The van der Waals surface area contributed by atoms with Gasteiger partial charge in [0.1, 0.15) is 0 Å². The van der Waals surface area contributed by atoms with E-state index in [1.807, 2.05) is 6.92 Å². The third-order valence-electron chi connectivity index (χ3n) is 2.58. The van der Waals surface area contributed by atoms with E-state index < -0.39 is 18.6 Å². The zero-order valence-electron chi connectivity index (χ0n) is 10.6. The second kappa shape index (κ2) is 7.88. The predicted octanol–water partition coefficient (Wildman–Crippen LogP) is 0.603. The number of carbonyl (C=O) groups excluding carboxylic acids is 1. The predicted molar refractivity (Wildman–Crippen MR) is 63.0 cm³/mol. The molecule has 7 heteroatoms. The molecule has 2 N–H and O–H groups in total. The fourth-order valence-corrected chi connectivity index (χ4v) is 1.77. The highest BCUT2D eigenvalue weighted by Gasteiger charge is 2.24. The molecule has 0 aromatic rings. The van der Waals surface area contributed by atoms with Crippen LogP contribution in [0.4, 0.5) is 4.79 Å². The summed E-state index contributed by atoms with van der Waals surface area (Å²) in [5, 5.41) is 8.37. The first-order chi connectivity index (χ1) is 8.63. The number of carboxylic acids is 1. The molecule has 0 aromatic carbocycles. The Labute approximate surface area is 106 Å². The third-order valence-corrected chi connectivity index (χ3v) is 2.58. The molecule has 2 amide bonds. The fraction of sp³-hybridized carbons (Fsp3) is 0.818. The highest BCUT2D eigenvalue weighted by molar-refractivity contribution is 5.73. The average molecular weight is 260 g/mol. The molecule has 1 aliphatic rings. The first-order valence-electron chi connectivity index (χ1n) is 6.13. The Morgan fingerprint density at radius 1 is 1.50 bits per heavy atom. The van der Waals surface area contributed by atoms with Gasteiger partial charge in [-0.1, -0.05) is 6.92 Å². The zero-order valence-corrected chi connectivity index (χ0v) is 10.6. The monoisotopic (exact) mass is 260 g/mol. The van der Waals surface area contributed by atoms with Crippen LogP contribution < -0.4 is 5.48 Å². The van der Waals surface area contributed by atoms with Crippen LogP contribution in [0, 0.1) is 0 Å². The molecule has 1 rings (SSSR count). The standard InChI is InChI=1S/C11H20N2O5/c1-2-6-17-9-4-3-5-13(7-9)11(16)12-18-8-10(14)15/h9H,2-8H2,1H3,(H,12,16)(H,14,15). The van der Waals surface area contributed by atoms with Crippen LogP contribution in [0.5, 0.6) is 0 Å². The first-order valence-corrected chi connectivity index (χ1v) is 6.13. The van der Waals surface area contributed by atoms with Gasteiger partial charge >= 0.3 is 12.0 Å². The Morgan fingerprint density at radius 2 is 2.28 bits per heavy atom. The molecule has 1 heterocycles. The molecule has 1 aliphatic heterocycles. The van der Waals surface area contributed by atoms with Crippen molar-refractivity contribution < 1.29 is 24.3 Å². The number of nitrogens with one attached hydrogen (secondary N) is 1. The molecule has 0 radical (unpaired) electrons. The van der Waals surface area contributed by atoms with E-state index in [1.165, 1.54) is 0 Å². The Bertz CT molecular complexity index is 285. The topological polar surface area (TPSA) is 88.1 Å². The van der Waals surface area contributed by atoms with Crippen LogP contribution in [0.15, 0.2) is 0 Å². The van der Waals surface area contributed by atoms with Crippen molar-refractivity contribution >= 4 is 12.0 Å². The van der Waals surface area contributed by atoms with Gasteiger partial charge in [-0.3, -0.25) is 4.84 Å². The Hall–Kier alpha value is -1.34. The molecule has 104 valence electrons. The smallest absolute Gasteiger partial charge is 0.341 e. The van der Waals surface area contributed by atoms with Gasteiger partial charge in [-0.2, -0.15) is 0 Å². The quantitative estimate of drug-likeness (QED) is 0.683. The van der Waals surface area contributed by atoms with Crippen LogP contribution in [-0.2, 0) is 14.4 Å². The van der Waals surface area contributed by atoms with Crippen LogP contribution >= 0.6 is 0 Å². The molecule has 0 bridgehead atoms. The minimum Gasteiger partial charge on any atom is -0.479 e. The number of carbonyl (C=O) groups is 2. The Balaban J connectivity index is 2.27. The van der Waals surface area contributed by atoms with Crippen molar-refractivity contribution in [1.82, 2.24) is 10.4 Å². The number of ether oxygens (including phenoxy) is 1. The number of hydrogen-bond acceptors (Lipinski definition) is 4. The van der Waals surface area contributed by atoms with Crippen molar-refractivity contribution in [1.29, 1.82) is 0 Å². The number of piperidine rings is 1. The number of aliphatic carboxylic acids is 1. The molecular weight excluding hydrogens is 240 g/mol. The summed E-state index contributed by atoms with van der Waals surface area (Å²) in [6.07, 6.45) is 2.83. The number of nitrogens with zero attached hydrogens (tertiary/aromatic N) is 1. The van der Waals surface area contributed by atoms with Crippen LogP contribution in [-0.4, -0.2) is 54.4 Å². The van der Waals surface area contributed by atoms with Gasteiger partial charge in [-0.25, -0.2) is 15.1 Å². The number of hydroxylamine groups is 1. The minimum absolute atomic E-state index is 0.0592. The molecule has 1 saturated heterocycles. The van der Waals surface area contributed by atoms with E-state index in [9.17, 15) is 9.59 Å². The summed E-state index contributed by atoms with van der Waals surface area (Å²) in [5.74, 6) is -1.13. The van der Waals surface area contributed by atoms with Gasteiger partial charge < -0.3 is 14.7 Å². The maximum atomic E-state index is 11.6. The lowest BCUT2D eigenvalue weighted by atomic mass is 10.1. The second-order valence-corrected chi connectivity index (χ2v) is 4.17. The number of carboxylic acid groups (broad SMARTS) is 1. The van der Waals surface area contributed by atoms with Crippen LogP contribution in [0.25, 0.3) is 0 Å². The summed E-state index contributed by atoms with van der Waals surface area (Å²) in [5.41, 5.74) is 2.11. The number of urea groups is 1. The highest BCUT2D eigenvalue weighted by atomic mass is 16.7. The van der Waals surface area contributed by atoms with E-state index in [0.29, 0.717) is 19.7 Å². The summed E-state index contributed by atoms with van der Waals surface area (Å²) < 4.78 is 5.60. The molecule has 1 atom stereocenters. The maximum absolute atomic E-state index is 11.6. The summed E-state index contributed by atoms with van der Waals surface area (Å²) >= 11 is 0. The summed E-state index contributed by atoms with van der Waals surface area (Å²) in [6, 6.07) is -0.416. The number of amides is 2. The van der Waals surface area contributed by atoms with Crippen LogP contribution in [0.3, 0.4) is 0 Å². The van der Waals surface area contributed by atoms with E-state index in [2.05, 4.69) is 10.3 Å². The van der Waals surface area contributed by atoms with Crippen molar-refractivity contribution in [2.75, 3.05) is 26.3 Å². The third kappa shape index (κ3) is 5.33. The fourth-order valence-electron chi connectivity index (χ4n) is 1.77. The van der Waals surface area contributed by atoms with Crippen molar-refractivity contribution in [2.24, 2.45) is 0 Å². The van der Waals surface area contributed by atoms with Gasteiger partial charge in [0.25, 0.3) is 0 Å². The molecule has 0 saturated carbocycles. The van der Waals surface area contributed by atoms with Gasteiger partial charge in [-0.05, 0) is 19.3 Å².